The number of halogens is 1. The topological polar surface area (TPSA) is 90.5 Å². The summed E-state index contributed by atoms with van der Waals surface area (Å²) in [5, 5.41) is 15.6. The number of nitrogens with zero attached hydrogens (tertiary/aromatic N) is 6. The number of para-hydroxylation sites is 1. The van der Waals surface area contributed by atoms with Crippen molar-refractivity contribution in [2.75, 3.05) is 5.32 Å². The number of fused-ring (bicyclic) bond motifs is 1. The second-order valence-corrected chi connectivity index (χ2v) is 8.37. The van der Waals surface area contributed by atoms with Crippen LogP contribution >= 0.6 is 0 Å². The molecule has 0 saturated heterocycles. The molecule has 0 aliphatic heterocycles. The van der Waals surface area contributed by atoms with E-state index in [1.807, 2.05) is 47.0 Å². The van der Waals surface area contributed by atoms with E-state index in [9.17, 15) is 9.18 Å². The highest BCUT2D eigenvalue weighted by atomic mass is 19.1. The van der Waals surface area contributed by atoms with Gasteiger partial charge in [-0.05, 0) is 71.3 Å². The Labute approximate surface area is 194 Å². The van der Waals surface area contributed by atoms with Gasteiger partial charge in [0.25, 0.3) is 5.91 Å². The Morgan fingerprint density at radius 3 is 2.71 bits per heavy atom. The lowest BCUT2D eigenvalue weighted by Gasteiger charge is -2.12. The van der Waals surface area contributed by atoms with Gasteiger partial charge in [-0.25, -0.2) is 4.39 Å². The second-order valence-electron chi connectivity index (χ2n) is 8.37. The Kier molecular flexibility index (Phi) is 4.87. The molecule has 3 aromatic heterocycles. The van der Waals surface area contributed by atoms with Gasteiger partial charge in [0.15, 0.2) is 5.82 Å². The minimum Gasteiger partial charge on any atom is -0.332 e. The van der Waals surface area contributed by atoms with Gasteiger partial charge in [-0.15, -0.1) is 5.10 Å². The molecule has 0 bridgehead atoms. The molecule has 0 spiro atoms. The zero-order chi connectivity index (χ0) is 23.1. The van der Waals surface area contributed by atoms with Crippen LogP contribution in [-0.2, 0) is 6.54 Å². The molecule has 6 rings (SSSR count). The lowest BCUT2D eigenvalue weighted by molar-refractivity contribution is 0.101. The number of amides is 1. The molecule has 0 unspecified atom stereocenters. The zero-order valence-electron chi connectivity index (χ0n) is 18.1. The maximum Gasteiger partial charge on any atom is 0.272 e. The van der Waals surface area contributed by atoms with E-state index in [1.165, 1.54) is 16.8 Å². The van der Waals surface area contributed by atoms with Crippen molar-refractivity contribution in [1.29, 1.82) is 0 Å². The van der Waals surface area contributed by atoms with E-state index in [2.05, 4.69) is 25.8 Å². The largest absolute Gasteiger partial charge is 0.332 e. The fourth-order valence-corrected chi connectivity index (χ4v) is 4.15. The number of aromatic nitrogens is 6. The van der Waals surface area contributed by atoms with Crippen molar-refractivity contribution in [3.63, 3.8) is 0 Å². The van der Waals surface area contributed by atoms with Crippen LogP contribution in [0.1, 0.15) is 40.6 Å². The first-order valence-electron chi connectivity index (χ1n) is 11.0. The summed E-state index contributed by atoms with van der Waals surface area (Å²) in [6.07, 6.45) is 5.44. The van der Waals surface area contributed by atoms with Gasteiger partial charge < -0.3 is 9.88 Å². The predicted molar refractivity (Wildman–Crippen MR) is 124 cm³/mol. The molecule has 0 radical (unpaired) electrons. The van der Waals surface area contributed by atoms with Gasteiger partial charge in [0.05, 0.1) is 0 Å². The van der Waals surface area contributed by atoms with Crippen LogP contribution in [0.25, 0.3) is 16.6 Å². The number of pyridine rings is 1. The summed E-state index contributed by atoms with van der Waals surface area (Å²) in [5.74, 6) is 0.136. The first kappa shape index (κ1) is 20.2. The standard InChI is InChI=1S/C25H20FN7O/c26-20-8-7-19(14-22(20)33-24(17-5-6-17)29-30-31-33)28-25(34)23-13-18-3-1-2-4-21(18)32(23)15-16-9-11-27-12-10-16/h1-4,7-14,17H,5-6,15H2,(H,28,34). The molecule has 1 saturated carbocycles. The van der Waals surface area contributed by atoms with Crippen LogP contribution in [0.3, 0.4) is 0 Å². The molecule has 9 heteroatoms. The fraction of sp³-hybridized carbons (Fsp3) is 0.160. The van der Waals surface area contributed by atoms with Crippen LogP contribution in [-0.4, -0.2) is 35.7 Å². The van der Waals surface area contributed by atoms with E-state index in [1.54, 1.807) is 18.5 Å². The highest BCUT2D eigenvalue weighted by Crippen LogP contribution is 2.39. The third kappa shape index (κ3) is 3.71. The number of anilines is 1. The Morgan fingerprint density at radius 2 is 1.88 bits per heavy atom. The lowest BCUT2D eigenvalue weighted by Crippen LogP contribution is -2.18. The first-order valence-corrected chi connectivity index (χ1v) is 11.0. The molecule has 168 valence electrons. The normalized spacial score (nSPS) is 13.3. The minimum atomic E-state index is -0.459. The second kappa shape index (κ2) is 8.18. The zero-order valence-corrected chi connectivity index (χ0v) is 18.1. The molecule has 2 aromatic carbocycles. The SMILES string of the molecule is O=C(Nc1ccc(F)c(-n2nnnc2C2CC2)c1)c1cc2ccccc2n1Cc1ccncc1. The van der Waals surface area contributed by atoms with Crippen molar-refractivity contribution in [2.45, 2.75) is 25.3 Å². The van der Waals surface area contributed by atoms with E-state index in [-0.39, 0.29) is 17.5 Å². The molecular weight excluding hydrogens is 433 g/mol. The molecule has 1 aliphatic rings. The highest BCUT2D eigenvalue weighted by molar-refractivity contribution is 6.06. The summed E-state index contributed by atoms with van der Waals surface area (Å²) in [7, 11) is 0. The smallest absolute Gasteiger partial charge is 0.272 e. The molecule has 1 N–H and O–H groups in total. The summed E-state index contributed by atoms with van der Waals surface area (Å²) < 4.78 is 18.1. The Morgan fingerprint density at radius 1 is 1.06 bits per heavy atom. The van der Waals surface area contributed by atoms with Gasteiger partial charge in [-0.1, -0.05) is 18.2 Å². The third-order valence-corrected chi connectivity index (χ3v) is 6.00. The van der Waals surface area contributed by atoms with Crippen LogP contribution in [0.2, 0.25) is 0 Å². The van der Waals surface area contributed by atoms with Gasteiger partial charge in [0, 0.05) is 41.4 Å². The summed E-state index contributed by atoms with van der Waals surface area (Å²) >= 11 is 0. The Balaban J connectivity index is 1.34. The molecule has 1 aliphatic carbocycles. The van der Waals surface area contributed by atoms with Crippen molar-refractivity contribution >= 4 is 22.5 Å². The summed E-state index contributed by atoms with van der Waals surface area (Å²) in [6.45, 7) is 0.517. The van der Waals surface area contributed by atoms with E-state index >= 15 is 0 Å². The monoisotopic (exact) mass is 453 g/mol. The average Bonchev–Trinajstić information content (AvgIpc) is 3.47. The number of hydrogen-bond donors (Lipinski definition) is 1. The van der Waals surface area contributed by atoms with Crippen LogP contribution in [0.5, 0.6) is 0 Å². The average molecular weight is 453 g/mol. The number of benzene rings is 2. The van der Waals surface area contributed by atoms with Crippen molar-refractivity contribution in [1.82, 2.24) is 29.8 Å². The van der Waals surface area contributed by atoms with Crippen LogP contribution in [0.15, 0.2) is 73.1 Å². The van der Waals surface area contributed by atoms with E-state index in [0.29, 0.717) is 23.8 Å². The molecule has 5 aromatic rings. The van der Waals surface area contributed by atoms with E-state index in [0.717, 1.165) is 29.3 Å². The maximum absolute atomic E-state index is 14.7. The Bertz CT molecular complexity index is 1500. The molecule has 0 atom stereocenters. The molecular formula is C25H20FN7O. The number of tetrazole rings is 1. The molecule has 1 amide bonds. The molecule has 3 heterocycles. The number of nitrogens with one attached hydrogen (secondary N) is 1. The van der Waals surface area contributed by atoms with E-state index in [4.69, 9.17) is 0 Å². The van der Waals surface area contributed by atoms with Crippen LogP contribution in [0.4, 0.5) is 10.1 Å². The molecule has 34 heavy (non-hydrogen) atoms. The van der Waals surface area contributed by atoms with Crippen LogP contribution < -0.4 is 5.32 Å². The van der Waals surface area contributed by atoms with Crippen molar-refractivity contribution in [3.05, 3.63) is 96.0 Å². The van der Waals surface area contributed by atoms with E-state index < -0.39 is 5.82 Å². The predicted octanol–water partition coefficient (Wildman–Crippen LogP) is 4.33. The van der Waals surface area contributed by atoms with Gasteiger partial charge in [-0.3, -0.25) is 9.78 Å². The highest BCUT2D eigenvalue weighted by Gasteiger charge is 2.30. The van der Waals surface area contributed by atoms with Crippen molar-refractivity contribution in [2.24, 2.45) is 0 Å². The molecule has 8 nitrogen and oxygen atoms in total. The summed E-state index contributed by atoms with van der Waals surface area (Å²) in [5.41, 5.74) is 3.15. The molecule has 1 fully saturated rings. The number of carbonyl (C=O) groups excluding carboxylic acids is 1. The van der Waals surface area contributed by atoms with Gasteiger partial charge in [-0.2, -0.15) is 4.68 Å². The third-order valence-electron chi connectivity index (χ3n) is 6.00. The van der Waals surface area contributed by atoms with Crippen LogP contribution in [0, 0.1) is 5.82 Å². The number of hydrogen-bond acceptors (Lipinski definition) is 5. The van der Waals surface area contributed by atoms with Crippen molar-refractivity contribution < 1.29 is 9.18 Å². The van der Waals surface area contributed by atoms with Gasteiger partial charge in [0.1, 0.15) is 17.2 Å². The quantitative estimate of drug-likeness (QED) is 0.413. The summed E-state index contributed by atoms with van der Waals surface area (Å²) in [4.78, 5) is 17.4. The lowest BCUT2D eigenvalue weighted by atomic mass is 10.2. The fourth-order valence-electron chi connectivity index (χ4n) is 4.15. The van der Waals surface area contributed by atoms with Gasteiger partial charge in [0.2, 0.25) is 0 Å². The first-order chi connectivity index (χ1) is 16.7. The summed E-state index contributed by atoms with van der Waals surface area (Å²) in [6, 6.07) is 18.0. The minimum absolute atomic E-state index is 0.210. The number of carbonyl (C=O) groups is 1. The Hall–Kier alpha value is -4.40. The maximum atomic E-state index is 14.7. The van der Waals surface area contributed by atoms with Crippen molar-refractivity contribution in [3.8, 4) is 5.69 Å². The van der Waals surface area contributed by atoms with Gasteiger partial charge >= 0.3 is 0 Å². The number of rotatable bonds is 6.